The number of aliphatic hydroxyl groups is 1. The van der Waals surface area contributed by atoms with E-state index >= 15 is 0 Å². The molecule has 1 aromatic carbocycles. The van der Waals surface area contributed by atoms with Crippen LogP contribution in [0.25, 0.3) is 0 Å². The third kappa shape index (κ3) is 5.59. The molecule has 1 aliphatic heterocycles. The van der Waals surface area contributed by atoms with Gasteiger partial charge in [0.15, 0.2) is 0 Å². The Morgan fingerprint density at radius 3 is 2.65 bits per heavy atom. The summed E-state index contributed by atoms with van der Waals surface area (Å²) in [5, 5.41) is 18.7. The summed E-state index contributed by atoms with van der Waals surface area (Å²) in [5.74, 6) is 1.52. The molecule has 0 amide bonds. The van der Waals surface area contributed by atoms with E-state index in [4.69, 9.17) is 4.74 Å². The van der Waals surface area contributed by atoms with Crippen LogP contribution < -0.4 is 15.0 Å². The van der Waals surface area contributed by atoms with Gasteiger partial charge in [0.25, 0.3) is 0 Å². The highest BCUT2D eigenvalue weighted by molar-refractivity contribution is 5.32. The Morgan fingerprint density at radius 1 is 1.16 bits per heavy atom. The first kappa shape index (κ1) is 21.3. The van der Waals surface area contributed by atoms with Gasteiger partial charge < -0.3 is 20.1 Å². The number of nitrogens with one attached hydrogen (secondary N) is 1. The van der Waals surface area contributed by atoms with Crippen molar-refractivity contribution < 1.29 is 9.84 Å². The van der Waals surface area contributed by atoms with E-state index in [9.17, 15) is 5.11 Å². The highest BCUT2D eigenvalue weighted by atomic mass is 16.5. The molecule has 8 nitrogen and oxygen atoms in total. The molecular weight excluding hydrogens is 392 g/mol. The van der Waals surface area contributed by atoms with Crippen molar-refractivity contribution in [3.8, 4) is 5.75 Å². The number of nitrogens with zero attached hydrogens (tertiary/aromatic N) is 5. The van der Waals surface area contributed by atoms with Gasteiger partial charge in [-0.1, -0.05) is 12.1 Å². The molecular formula is C23H30N6O2. The Labute approximate surface area is 182 Å². The zero-order valence-corrected chi connectivity index (χ0v) is 18.2. The number of benzene rings is 1. The molecule has 31 heavy (non-hydrogen) atoms. The standard InChI is InChI=1S/C23H30N6O2/c1-18-14-19(2)29(27-18)12-13-31-21-6-4-20(5-7-21)15-24-16-23(30)8-11-28(17-23)22-25-9-3-10-26-22/h3-7,9-10,14,24,30H,8,11-13,15-17H2,1-2H3. The fraction of sp³-hybridized carbons (Fsp3) is 0.435. The minimum Gasteiger partial charge on any atom is -0.492 e. The van der Waals surface area contributed by atoms with Crippen molar-refractivity contribution in [2.24, 2.45) is 0 Å². The quantitative estimate of drug-likeness (QED) is 0.546. The van der Waals surface area contributed by atoms with Crippen LogP contribution in [0.3, 0.4) is 0 Å². The van der Waals surface area contributed by atoms with E-state index in [1.54, 1.807) is 18.5 Å². The minimum atomic E-state index is -0.773. The number of aryl methyl sites for hydroxylation is 2. The SMILES string of the molecule is Cc1cc(C)n(CCOc2ccc(CNCC3(O)CCN(c4ncccn4)C3)cc2)n1. The normalized spacial score (nSPS) is 18.5. The number of aromatic nitrogens is 4. The summed E-state index contributed by atoms with van der Waals surface area (Å²) in [6.07, 6.45) is 4.15. The van der Waals surface area contributed by atoms with Crippen molar-refractivity contribution in [1.82, 2.24) is 25.1 Å². The van der Waals surface area contributed by atoms with E-state index in [1.165, 1.54) is 0 Å². The van der Waals surface area contributed by atoms with Crippen molar-refractivity contribution in [2.45, 2.75) is 39.0 Å². The van der Waals surface area contributed by atoms with Gasteiger partial charge in [0.1, 0.15) is 12.4 Å². The third-order valence-electron chi connectivity index (χ3n) is 5.55. The van der Waals surface area contributed by atoms with Crippen LogP contribution in [-0.4, -0.2) is 56.7 Å². The largest absolute Gasteiger partial charge is 0.492 e. The lowest BCUT2D eigenvalue weighted by atomic mass is 10.0. The van der Waals surface area contributed by atoms with Crippen molar-refractivity contribution in [3.63, 3.8) is 0 Å². The molecule has 4 rings (SSSR count). The lowest BCUT2D eigenvalue weighted by Crippen LogP contribution is -2.43. The minimum absolute atomic E-state index is 0.525. The molecule has 1 aliphatic rings. The van der Waals surface area contributed by atoms with Crippen LogP contribution in [0.1, 0.15) is 23.4 Å². The van der Waals surface area contributed by atoms with Gasteiger partial charge in [0, 0.05) is 37.7 Å². The molecule has 3 heterocycles. The van der Waals surface area contributed by atoms with Crippen molar-refractivity contribution in [3.05, 3.63) is 65.7 Å². The number of hydrogen-bond donors (Lipinski definition) is 2. The Bertz CT molecular complexity index is 975. The third-order valence-corrected chi connectivity index (χ3v) is 5.55. The van der Waals surface area contributed by atoms with Gasteiger partial charge in [0.05, 0.1) is 24.4 Å². The maximum absolute atomic E-state index is 10.9. The predicted molar refractivity (Wildman–Crippen MR) is 119 cm³/mol. The topological polar surface area (TPSA) is 88.3 Å². The first-order valence-corrected chi connectivity index (χ1v) is 10.7. The molecule has 0 aliphatic carbocycles. The van der Waals surface area contributed by atoms with Crippen LogP contribution in [0, 0.1) is 13.8 Å². The van der Waals surface area contributed by atoms with Crippen LogP contribution in [0.4, 0.5) is 5.95 Å². The second kappa shape index (κ2) is 9.45. The molecule has 0 saturated carbocycles. The molecule has 8 heteroatoms. The van der Waals surface area contributed by atoms with E-state index < -0.39 is 5.60 Å². The maximum Gasteiger partial charge on any atom is 0.225 e. The van der Waals surface area contributed by atoms with Crippen molar-refractivity contribution in [1.29, 1.82) is 0 Å². The van der Waals surface area contributed by atoms with Crippen LogP contribution in [0.2, 0.25) is 0 Å². The Kier molecular flexibility index (Phi) is 6.48. The summed E-state index contributed by atoms with van der Waals surface area (Å²) in [6.45, 7) is 7.86. The van der Waals surface area contributed by atoms with Crippen LogP contribution in [-0.2, 0) is 13.1 Å². The summed E-state index contributed by atoms with van der Waals surface area (Å²) in [7, 11) is 0. The second-order valence-electron chi connectivity index (χ2n) is 8.19. The van der Waals surface area contributed by atoms with E-state index in [1.807, 2.05) is 28.6 Å². The van der Waals surface area contributed by atoms with Gasteiger partial charge in [0.2, 0.25) is 5.95 Å². The Morgan fingerprint density at radius 2 is 1.94 bits per heavy atom. The van der Waals surface area contributed by atoms with E-state index in [0.29, 0.717) is 38.6 Å². The summed E-state index contributed by atoms with van der Waals surface area (Å²) >= 11 is 0. The van der Waals surface area contributed by atoms with Gasteiger partial charge in [-0.25, -0.2) is 9.97 Å². The highest BCUT2D eigenvalue weighted by Crippen LogP contribution is 2.23. The number of hydrogen-bond acceptors (Lipinski definition) is 7. The molecule has 3 aromatic rings. The first-order chi connectivity index (χ1) is 15.0. The average Bonchev–Trinajstić information content (AvgIpc) is 3.31. The van der Waals surface area contributed by atoms with E-state index in [-0.39, 0.29) is 0 Å². The molecule has 0 spiro atoms. The van der Waals surface area contributed by atoms with Gasteiger partial charge in [-0.2, -0.15) is 5.10 Å². The van der Waals surface area contributed by atoms with Gasteiger partial charge in [-0.15, -0.1) is 0 Å². The number of β-amino-alcohol motifs (C(OH)–C–C–N with tert-alkyl or cyclic N) is 1. The second-order valence-corrected chi connectivity index (χ2v) is 8.19. The van der Waals surface area contributed by atoms with E-state index in [2.05, 4.69) is 45.5 Å². The lowest BCUT2D eigenvalue weighted by molar-refractivity contribution is 0.0626. The molecule has 0 radical (unpaired) electrons. The molecule has 1 fully saturated rings. The van der Waals surface area contributed by atoms with Crippen LogP contribution >= 0.6 is 0 Å². The number of anilines is 1. The zero-order chi connectivity index (χ0) is 21.7. The molecule has 1 atom stereocenters. The Balaban J connectivity index is 1.19. The number of ether oxygens (including phenoxy) is 1. The highest BCUT2D eigenvalue weighted by Gasteiger charge is 2.36. The molecule has 0 bridgehead atoms. The lowest BCUT2D eigenvalue weighted by Gasteiger charge is -2.24. The summed E-state index contributed by atoms with van der Waals surface area (Å²) < 4.78 is 7.81. The fourth-order valence-corrected chi connectivity index (χ4v) is 3.92. The first-order valence-electron chi connectivity index (χ1n) is 10.7. The molecule has 2 N–H and O–H groups in total. The van der Waals surface area contributed by atoms with Crippen LogP contribution in [0.15, 0.2) is 48.8 Å². The van der Waals surface area contributed by atoms with Crippen LogP contribution in [0.5, 0.6) is 5.75 Å². The predicted octanol–water partition coefficient (Wildman–Crippen LogP) is 2.10. The van der Waals surface area contributed by atoms with Gasteiger partial charge in [-0.3, -0.25) is 4.68 Å². The summed E-state index contributed by atoms with van der Waals surface area (Å²) in [4.78, 5) is 10.6. The van der Waals surface area contributed by atoms with Crippen molar-refractivity contribution >= 4 is 5.95 Å². The molecule has 164 valence electrons. The Hall–Kier alpha value is -2.97. The summed E-state index contributed by atoms with van der Waals surface area (Å²) in [5.41, 5.74) is 2.55. The molecule has 2 aromatic heterocycles. The smallest absolute Gasteiger partial charge is 0.225 e. The molecule has 1 saturated heterocycles. The molecule has 1 unspecified atom stereocenters. The van der Waals surface area contributed by atoms with Crippen molar-refractivity contribution in [2.75, 3.05) is 31.1 Å². The maximum atomic E-state index is 10.9. The van der Waals surface area contributed by atoms with Gasteiger partial charge in [-0.05, 0) is 50.1 Å². The number of rotatable bonds is 9. The zero-order valence-electron chi connectivity index (χ0n) is 18.2. The summed E-state index contributed by atoms with van der Waals surface area (Å²) in [6, 6.07) is 11.9. The average molecular weight is 423 g/mol. The fourth-order valence-electron chi connectivity index (χ4n) is 3.92. The monoisotopic (exact) mass is 422 g/mol. The van der Waals surface area contributed by atoms with Gasteiger partial charge >= 0.3 is 0 Å². The van der Waals surface area contributed by atoms with E-state index in [0.717, 1.165) is 35.8 Å².